The Morgan fingerprint density at radius 3 is 2.78 bits per heavy atom. The number of rotatable bonds is 5. The molecule has 5 nitrogen and oxygen atoms in total. The summed E-state index contributed by atoms with van der Waals surface area (Å²) in [7, 11) is 0. The number of nitrogens with one attached hydrogen (secondary N) is 2. The number of aliphatic hydroxyl groups is 1. The third kappa shape index (κ3) is 5.05. The molecule has 1 aromatic rings. The van der Waals surface area contributed by atoms with Crippen molar-refractivity contribution in [3.8, 4) is 0 Å². The van der Waals surface area contributed by atoms with E-state index in [1.54, 1.807) is 0 Å². The maximum Gasteiger partial charge on any atom is 0.0716 e. The summed E-state index contributed by atoms with van der Waals surface area (Å²) in [6, 6.07) is 6.45. The normalized spacial score (nSPS) is 24.5. The van der Waals surface area contributed by atoms with Gasteiger partial charge in [0, 0.05) is 55.3 Å². The molecular formula is C16H25BrClN3O2. The molecule has 0 aromatic heterocycles. The minimum atomic E-state index is -0.226. The van der Waals surface area contributed by atoms with Gasteiger partial charge in [0.1, 0.15) is 0 Å². The Hall–Kier alpha value is -0.370. The molecule has 7 heteroatoms. The number of morpholine rings is 1. The van der Waals surface area contributed by atoms with Gasteiger partial charge in [-0.25, -0.2) is 0 Å². The summed E-state index contributed by atoms with van der Waals surface area (Å²) >= 11 is 3.57. The van der Waals surface area contributed by atoms with E-state index >= 15 is 0 Å². The summed E-state index contributed by atoms with van der Waals surface area (Å²) in [5, 5.41) is 16.6. The second-order valence-corrected chi connectivity index (χ2v) is 6.90. The van der Waals surface area contributed by atoms with E-state index < -0.39 is 0 Å². The van der Waals surface area contributed by atoms with Crippen LogP contribution in [0, 0.1) is 5.92 Å². The third-order valence-electron chi connectivity index (χ3n) is 4.43. The Bertz CT molecular complexity index is 500. The van der Waals surface area contributed by atoms with Gasteiger partial charge in [-0.05, 0) is 17.7 Å². The number of aliphatic hydroxyl groups excluding tert-OH is 1. The molecule has 2 atom stereocenters. The highest BCUT2D eigenvalue weighted by Gasteiger charge is 2.24. The van der Waals surface area contributed by atoms with E-state index in [0.717, 1.165) is 50.4 Å². The Morgan fingerprint density at radius 1 is 1.30 bits per heavy atom. The summed E-state index contributed by atoms with van der Waals surface area (Å²) < 4.78 is 6.55. The largest absolute Gasteiger partial charge is 0.391 e. The van der Waals surface area contributed by atoms with Crippen LogP contribution in [0.25, 0.3) is 0 Å². The van der Waals surface area contributed by atoms with Crippen LogP contribution in [0.15, 0.2) is 22.7 Å². The van der Waals surface area contributed by atoms with Crippen LogP contribution in [-0.4, -0.2) is 57.1 Å². The number of benzene rings is 1. The van der Waals surface area contributed by atoms with E-state index in [1.165, 1.54) is 11.3 Å². The Labute approximate surface area is 152 Å². The number of anilines is 1. The molecule has 0 spiro atoms. The van der Waals surface area contributed by atoms with Crippen LogP contribution in [0.5, 0.6) is 0 Å². The van der Waals surface area contributed by atoms with Gasteiger partial charge in [0.05, 0.1) is 19.3 Å². The van der Waals surface area contributed by atoms with Crippen molar-refractivity contribution in [2.24, 2.45) is 5.92 Å². The average molecular weight is 407 g/mol. The highest BCUT2D eigenvalue weighted by molar-refractivity contribution is 9.10. The molecule has 2 fully saturated rings. The summed E-state index contributed by atoms with van der Waals surface area (Å²) in [6.45, 7) is 6.73. The minimum Gasteiger partial charge on any atom is -0.391 e. The van der Waals surface area contributed by atoms with Crippen LogP contribution in [0.4, 0.5) is 5.69 Å². The van der Waals surface area contributed by atoms with Gasteiger partial charge in [-0.1, -0.05) is 22.0 Å². The van der Waals surface area contributed by atoms with E-state index in [2.05, 4.69) is 49.7 Å². The van der Waals surface area contributed by atoms with Gasteiger partial charge >= 0.3 is 0 Å². The molecule has 2 aliphatic rings. The highest BCUT2D eigenvalue weighted by Crippen LogP contribution is 2.26. The van der Waals surface area contributed by atoms with E-state index in [-0.39, 0.29) is 18.5 Å². The zero-order valence-electron chi connectivity index (χ0n) is 13.1. The Balaban J connectivity index is 0.00000192. The standard InChI is InChI=1S/C16H24BrN3O2.ClH/c17-14-2-1-12(8-18-9-13-10-19-11-16(13)21)15(7-14)20-3-5-22-6-4-20;/h1-2,7,13,16,18-19,21H,3-6,8-11H2;1H. The number of nitrogens with zero attached hydrogens (tertiary/aromatic N) is 1. The first-order valence-corrected chi connectivity index (χ1v) is 8.74. The molecule has 0 amide bonds. The lowest BCUT2D eigenvalue weighted by Crippen LogP contribution is -2.37. The van der Waals surface area contributed by atoms with Crippen molar-refractivity contribution in [3.63, 3.8) is 0 Å². The molecule has 23 heavy (non-hydrogen) atoms. The van der Waals surface area contributed by atoms with Gasteiger partial charge in [0.2, 0.25) is 0 Å². The lowest BCUT2D eigenvalue weighted by Gasteiger charge is -2.31. The maximum absolute atomic E-state index is 9.85. The van der Waals surface area contributed by atoms with E-state index in [0.29, 0.717) is 12.5 Å². The third-order valence-corrected chi connectivity index (χ3v) is 4.92. The zero-order valence-corrected chi connectivity index (χ0v) is 15.5. The fourth-order valence-electron chi connectivity index (χ4n) is 3.10. The van der Waals surface area contributed by atoms with Crippen molar-refractivity contribution in [3.05, 3.63) is 28.2 Å². The molecule has 2 heterocycles. The molecule has 0 saturated carbocycles. The summed E-state index contributed by atoms with van der Waals surface area (Å²) in [4.78, 5) is 2.39. The van der Waals surface area contributed by atoms with Gasteiger partial charge in [0.25, 0.3) is 0 Å². The lowest BCUT2D eigenvalue weighted by atomic mass is 10.1. The molecule has 0 aliphatic carbocycles. The summed E-state index contributed by atoms with van der Waals surface area (Å²) in [5.41, 5.74) is 2.57. The van der Waals surface area contributed by atoms with Crippen molar-refractivity contribution in [2.45, 2.75) is 12.6 Å². The number of hydrogen-bond acceptors (Lipinski definition) is 5. The van der Waals surface area contributed by atoms with Gasteiger partial charge in [-0.3, -0.25) is 0 Å². The fraction of sp³-hybridized carbons (Fsp3) is 0.625. The first-order valence-electron chi connectivity index (χ1n) is 7.94. The molecular weight excluding hydrogens is 382 g/mol. The number of ether oxygens (including phenoxy) is 1. The second kappa shape index (κ2) is 9.20. The molecule has 0 bridgehead atoms. The SMILES string of the molecule is Cl.OC1CNCC1CNCc1ccc(Br)cc1N1CCOCC1. The van der Waals surface area contributed by atoms with Gasteiger partial charge in [0.15, 0.2) is 0 Å². The van der Waals surface area contributed by atoms with Crippen molar-refractivity contribution >= 4 is 34.0 Å². The molecule has 3 N–H and O–H groups in total. The van der Waals surface area contributed by atoms with Crippen molar-refractivity contribution in [2.75, 3.05) is 50.8 Å². The molecule has 1 aromatic carbocycles. The number of β-amino-alcohol motifs (C(OH)–C–C–N with tert-alkyl or cyclic N) is 1. The number of hydrogen-bond donors (Lipinski definition) is 3. The van der Waals surface area contributed by atoms with E-state index in [9.17, 15) is 5.11 Å². The monoisotopic (exact) mass is 405 g/mol. The number of halogens is 2. The molecule has 2 unspecified atom stereocenters. The van der Waals surface area contributed by atoms with Crippen LogP contribution in [0.3, 0.4) is 0 Å². The minimum absolute atomic E-state index is 0. The molecule has 2 aliphatic heterocycles. The highest BCUT2D eigenvalue weighted by atomic mass is 79.9. The van der Waals surface area contributed by atoms with E-state index in [4.69, 9.17) is 4.74 Å². The van der Waals surface area contributed by atoms with Crippen molar-refractivity contribution in [1.82, 2.24) is 10.6 Å². The first kappa shape index (κ1) is 19.0. The van der Waals surface area contributed by atoms with Gasteiger partial charge in [-0.2, -0.15) is 0 Å². The topological polar surface area (TPSA) is 56.8 Å². The lowest BCUT2D eigenvalue weighted by molar-refractivity contribution is 0.122. The molecule has 3 rings (SSSR count). The van der Waals surface area contributed by atoms with Crippen LogP contribution >= 0.6 is 28.3 Å². The van der Waals surface area contributed by atoms with Crippen LogP contribution < -0.4 is 15.5 Å². The first-order chi connectivity index (χ1) is 10.7. The fourth-order valence-corrected chi connectivity index (χ4v) is 3.45. The Morgan fingerprint density at radius 2 is 2.09 bits per heavy atom. The summed E-state index contributed by atoms with van der Waals surface area (Å²) in [6.07, 6.45) is -0.226. The average Bonchev–Trinajstić information content (AvgIpc) is 2.95. The smallest absolute Gasteiger partial charge is 0.0716 e. The van der Waals surface area contributed by atoms with Crippen LogP contribution in [-0.2, 0) is 11.3 Å². The summed E-state index contributed by atoms with van der Waals surface area (Å²) in [5.74, 6) is 0.308. The van der Waals surface area contributed by atoms with Gasteiger partial charge in [-0.15, -0.1) is 12.4 Å². The maximum atomic E-state index is 9.85. The van der Waals surface area contributed by atoms with Crippen molar-refractivity contribution in [1.29, 1.82) is 0 Å². The molecule has 130 valence electrons. The van der Waals surface area contributed by atoms with E-state index in [1.807, 2.05) is 0 Å². The molecule has 0 radical (unpaired) electrons. The second-order valence-electron chi connectivity index (χ2n) is 5.99. The van der Waals surface area contributed by atoms with Crippen LogP contribution in [0.2, 0.25) is 0 Å². The zero-order chi connectivity index (χ0) is 15.4. The van der Waals surface area contributed by atoms with Gasteiger partial charge < -0.3 is 25.4 Å². The van der Waals surface area contributed by atoms with Crippen molar-refractivity contribution < 1.29 is 9.84 Å². The molecule has 2 saturated heterocycles. The quantitative estimate of drug-likeness (QED) is 0.690. The predicted octanol–water partition coefficient (Wildman–Crippen LogP) is 1.38. The van der Waals surface area contributed by atoms with Crippen LogP contribution in [0.1, 0.15) is 5.56 Å². The predicted molar refractivity (Wildman–Crippen MR) is 98.5 cm³/mol. The Kier molecular flexibility index (Phi) is 7.59.